The summed E-state index contributed by atoms with van der Waals surface area (Å²) in [6.07, 6.45) is -0.675. The maximum atomic E-state index is 13.0. The summed E-state index contributed by atoms with van der Waals surface area (Å²) in [5.41, 5.74) is 1.84. The number of aromatic nitrogens is 3. The summed E-state index contributed by atoms with van der Waals surface area (Å²) >= 11 is 0. The molecule has 0 atom stereocenters. The van der Waals surface area contributed by atoms with E-state index in [1.807, 2.05) is 22.9 Å². The zero-order valence-corrected chi connectivity index (χ0v) is 19.1. The van der Waals surface area contributed by atoms with Crippen molar-refractivity contribution < 1.29 is 18.0 Å². The summed E-state index contributed by atoms with van der Waals surface area (Å²) in [6, 6.07) is 10.6. The number of hydrogen-bond acceptors (Lipinski definition) is 3. The number of rotatable bonds is 4. The van der Waals surface area contributed by atoms with Crippen LogP contribution in [0.2, 0.25) is 0 Å². The Kier molecular flexibility index (Phi) is 5.59. The molecule has 0 unspecified atom stereocenters. The van der Waals surface area contributed by atoms with E-state index in [0.717, 1.165) is 60.9 Å². The first kappa shape index (κ1) is 22.5. The Morgan fingerprint density at radius 1 is 1.09 bits per heavy atom. The fourth-order valence-electron chi connectivity index (χ4n) is 4.76. The first-order valence-electron chi connectivity index (χ1n) is 11.4. The molecule has 9 heteroatoms. The smallest absolute Gasteiger partial charge is 0.349 e. The second kappa shape index (κ2) is 8.47. The van der Waals surface area contributed by atoms with Crippen LogP contribution < -0.4 is 5.32 Å². The molecule has 4 aromatic rings. The highest BCUT2D eigenvalue weighted by Gasteiger charge is 2.30. The minimum atomic E-state index is -4.40. The van der Waals surface area contributed by atoms with E-state index in [1.54, 1.807) is 17.8 Å². The lowest BCUT2D eigenvalue weighted by Gasteiger charge is -2.31. The molecule has 1 amide bonds. The molecule has 34 heavy (non-hydrogen) atoms. The zero-order valence-electron chi connectivity index (χ0n) is 19.1. The standard InChI is InChI=1S/C25H26F3N5O/c1-3-32-12-10-18(11-13-32)29-24(34)16-4-9-22-20(14-16)21-15-31(2)30-23(21)33(22)19-7-5-17(6-8-19)25(26,27)28/h4-9,14-15,18H,3,10-13H2,1-2H3,(H,29,34). The monoisotopic (exact) mass is 469 g/mol. The molecular formula is C25H26F3N5O. The Bertz CT molecular complexity index is 1350. The largest absolute Gasteiger partial charge is 0.416 e. The van der Waals surface area contributed by atoms with Gasteiger partial charge in [-0.15, -0.1) is 0 Å². The molecule has 2 aromatic heterocycles. The van der Waals surface area contributed by atoms with Crippen molar-refractivity contribution in [1.29, 1.82) is 0 Å². The highest BCUT2D eigenvalue weighted by Crippen LogP contribution is 2.34. The highest BCUT2D eigenvalue weighted by atomic mass is 19.4. The zero-order chi connectivity index (χ0) is 24.0. The predicted octanol–water partition coefficient (Wildman–Crippen LogP) is 4.75. The van der Waals surface area contributed by atoms with Gasteiger partial charge in [-0.3, -0.25) is 14.0 Å². The molecule has 2 aromatic carbocycles. The number of carbonyl (C=O) groups excluding carboxylic acids is 1. The van der Waals surface area contributed by atoms with Crippen LogP contribution in [0.4, 0.5) is 13.2 Å². The van der Waals surface area contributed by atoms with Gasteiger partial charge in [-0.1, -0.05) is 6.92 Å². The van der Waals surface area contributed by atoms with E-state index in [-0.39, 0.29) is 11.9 Å². The summed E-state index contributed by atoms with van der Waals surface area (Å²) in [6.45, 7) is 5.12. The number of likely N-dealkylation sites (tertiary alicyclic amines) is 1. The average molecular weight is 470 g/mol. The first-order chi connectivity index (χ1) is 16.2. The Balaban J connectivity index is 1.50. The van der Waals surface area contributed by atoms with Crippen LogP contribution in [-0.4, -0.2) is 50.8 Å². The molecule has 0 spiro atoms. The topological polar surface area (TPSA) is 55.1 Å². The number of fused-ring (bicyclic) bond motifs is 3. The average Bonchev–Trinajstić information content (AvgIpc) is 3.33. The van der Waals surface area contributed by atoms with Crippen LogP contribution in [0.1, 0.15) is 35.7 Å². The summed E-state index contributed by atoms with van der Waals surface area (Å²) in [4.78, 5) is 15.4. The fourth-order valence-corrected chi connectivity index (χ4v) is 4.76. The molecule has 1 fully saturated rings. The van der Waals surface area contributed by atoms with Gasteiger partial charge in [-0.05, 0) is 61.9 Å². The number of alkyl halides is 3. The van der Waals surface area contributed by atoms with Crippen LogP contribution in [0.15, 0.2) is 48.7 Å². The molecule has 0 radical (unpaired) electrons. The maximum Gasteiger partial charge on any atom is 0.416 e. The van der Waals surface area contributed by atoms with Gasteiger partial charge in [0.15, 0.2) is 5.65 Å². The van der Waals surface area contributed by atoms with Gasteiger partial charge in [0.05, 0.1) is 11.1 Å². The number of nitrogens with one attached hydrogen (secondary N) is 1. The molecule has 1 aliphatic rings. The number of halogens is 3. The second-order valence-electron chi connectivity index (χ2n) is 8.83. The van der Waals surface area contributed by atoms with E-state index in [2.05, 4.69) is 22.2 Å². The van der Waals surface area contributed by atoms with Crippen molar-refractivity contribution >= 4 is 27.8 Å². The molecular weight excluding hydrogens is 443 g/mol. The fraction of sp³-hybridized carbons (Fsp3) is 0.360. The number of hydrogen-bond donors (Lipinski definition) is 1. The van der Waals surface area contributed by atoms with E-state index < -0.39 is 11.7 Å². The van der Waals surface area contributed by atoms with Crippen molar-refractivity contribution in [2.24, 2.45) is 7.05 Å². The first-order valence-corrected chi connectivity index (χ1v) is 11.4. The SMILES string of the molecule is CCN1CCC(NC(=O)c2ccc3c(c2)c2cn(C)nc2n3-c2ccc(C(F)(F)F)cc2)CC1. The van der Waals surface area contributed by atoms with Gasteiger partial charge in [-0.2, -0.15) is 18.3 Å². The predicted molar refractivity (Wildman–Crippen MR) is 125 cm³/mol. The third kappa shape index (κ3) is 4.04. The Labute approximate surface area is 194 Å². The van der Waals surface area contributed by atoms with E-state index >= 15 is 0 Å². The molecule has 0 aliphatic carbocycles. The van der Waals surface area contributed by atoms with Crippen LogP contribution in [0.25, 0.3) is 27.6 Å². The minimum Gasteiger partial charge on any atom is -0.349 e. The Morgan fingerprint density at radius 3 is 2.44 bits per heavy atom. The van der Waals surface area contributed by atoms with Crippen LogP contribution in [0.3, 0.4) is 0 Å². The van der Waals surface area contributed by atoms with Gasteiger partial charge < -0.3 is 10.2 Å². The van der Waals surface area contributed by atoms with Crippen molar-refractivity contribution in [3.05, 3.63) is 59.8 Å². The molecule has 1 saturated heterocycles. The summed E-state index contributed by atoms with van der Waals surface area (Å²) in [5, 5.41) is 9.36. The van der Waals surface area contributed by atoms with Crippen molar-refractivity contribution in [1.82, 2.24) is 24.6 Å². The number of benzene rings is 2. The summed E-state index contributed by atoms with van der Waals surface area (Å²) in [5.74, 6) is -0.115. The van der Waals surface area contributed by atoms with Crippen LogP contribution >= 0.6 is 0 Å². The van der Waals surface area contributed by atoms with Gasteiger partial charge in [0.2, 0.25) is 0 Å². The number of nitrogens with zero attached hydrogens (tertiary/aromatic N) is 4. The van der Waals surface area contributed by atoms with Gasteiger partial charge in [0.1, 0.15) is 0 Å². The normalized spacial score (nSPS) is 15.9. The van der Waals surface area contributed by atoms with Gasteiger partial charge in [-0.25, -0.2) is 0 Å². The molecule has 3 heterocycles. The molecule has 5 rings (SSSR count). The lowest BCUT2D eigenvalue weighted by molar-refractivity contribution is -0.137. The molecule has 1 aliphatic heterocycles. The number of amides is 1. The third-order valence-electron chi connectivity index (χ3n) is 6.63. The lowest BCUT2D eigenvalue weighted by Crippen LogP contribution is -2.44. The molecule has 1 N–H and O–H groups in total. The molecule has 6 nitrogen and oxygen atoms in total. The highest BCUT2D eigenvalue weighted by molar-refractivity contribution is 6.10. The van der Waals surface area contributed by atoms with E-state index in [1.165, 1.54) is 12.1 Å². The van der Waals surface area contributed by atoms with Gasteiger partial charge in [0, 0.05) is 54.4 Å². The van der Waals surface area contributed by atoms with Gasteiger partial charge in [0.25, 0.3) is 5.91 Å². The van der Waals surface area contributed by atoms with Crippen LogP contribution in [-0.2, 0) is 13.2 Å². The number of aryl methyl sites for hydroxylation is 1. The van der Waals surface area contributed by atoms with E-state index in [9.17, 15) is 18.0 Å². The minimum absolute atomic E-state index is 0.115. The van der Waals surface area contributed by atoms with Crippen molar-refractivity contribution in [3.63, 3.8) is 0 Å². The molecule has 0 saturated carbocycles. The van der Waals surface area contributed by atoms with E-state index in [0.29, 0.717) is 16.9 Å². The van der Waals surface area contributed by atoms with Crippen LogP contribution in [0.5, 0.6) is 0 Å². The second-order valence-corrected chi connectivity index (χ2v) is 8.83. The quantitative estimate of drug-likeness (QED) is 0.469. The Morgan fingerprint density at radius 2 is 1.79 bits per heavy atom. The molecule has 0 bridgehead atoms. The van der Waals surface area contributed by atoms with Crippen molar-refractivity contribution in [2.75, 3.05) is 19.6 Å². The number of piperidine rings is 1. The van der Waals surface area contributed by atoms with Crippen LogP contribution in [0, 0.1) is 0 Å². The summed E-state index contributed by atoms with van der Waals surface area (Å²) < 4.78 is 42.6. The third-order valence-corrected chi connectivity index (χ3v) is 6.63. The summed E-state index contributed by atoms with van der Waals surface area (Å²) in [7, 11) is 1.79. The van der Waals surface area contributed by atoms with Gasteiger partial charge >= 0.3 is 6.18 Å². The van der Waals surface area contributed by atoms with Crippen molar-refractivity contribution in [2.45, 2.75) is 32.0 Å². The Hall–Kier alpha value is -3.33. The lowest BCUT2D eigenvalue weighted by atomic mass is 10.0. The molecule has 178 valence electrons. The maximum absolute atomic E-state index is 13.0. The number of carbonyl (C=O) groups is 1. The van der Waals surface area contributed by atoms with Crippen molar-refractivity contribution in [3.8, 4) is 5.69 Å². The van der Waals surface area contributed by atoms with E-state index in [4.69, 9.17) is 0 Å².